The fourth-order valence-electron chi connectivity index (χ4n) is 4.36. The minimum atomic E-state index is -1.30. The maximum atomic E-state index is 13.0. The lowest BCUT2D eigenvalue weighted by Crippen LogP contribution is -2.55. The molecule has 0 spiro atoms. The van der Waals surface area contributed by atoms with E-state index in [2.05, 4.69) is 26.2 Å². The van der Waals surface area contributed by atoms with Crippen LogP contribution in [0.5, 0.6) is 0 Å². The first kappa shape index (κ1) is 38.9. The van der Waals surface area contributed by atoms with Gasteiger partial charge < -0.3 is 46.1 Å². The molecule has 1 saturated heterocycles. The standard InChI is InChI=1S/C31H49N7O9/c1-20(33-26(40)19-46-16-15-45-6)27(41)34-21(2)28(42)36-24(17-25(32)39)29(43)35-23-9-7-22(8-10-23)18-37-11-13-38(14-12-37)30(44)47-31(3,4)5/h7-10,20-21,24H,11-19H2,1-6H3,(H2,32,39)(H,33,40)(H,34,41)(H,35,43)(H,36,42)/t20-,21-,24-/m0/s1. The predicted octanol–water partition coefficient (Wildman–Crippen LogP) is -0.290. The molecular weight excluding hydrogens is 614 g/mol. The summed E-state index contributed by atoms with van der Waals surface area (Å²) in [4.78, 5) is 78.2. The van der Waals surface area contributed by atoms with Crippen molar-refractivity contribution in [2.24, 2.45) is 5.73 Å². The second-order valence-corrected chi connectivity index (χ2v) is 12.2. The number of carbonyl (C=O) groups is 6. The molecule has 0 saturated carbocycles. The summed E-state index contributed by atoms with van der Waals surface area (Å²) in [5.41, 5.74) is 6.21. The van der Waals surface area contributed by atoms with E-state index < -0.39 is 59.7 Å². The highest BCUT2D eigenvalue weighted by Gasteiger charge is 2.28. The SMILES string of the molecule is COCCOCC(=O)N[C@@H](C)C(=O)N[C@@H](C)C(=O)N[C@@H](CC(N)=O)C(=O)Nc1ccc(CN2CCN(C(=O)OC(C)(C)C)CC2)cc1. The highest BCUT2D eigenvalue weighted by molar-refractivity contribution is 6.00. The molecule has 6 N–H and O–H groups in total. The van der Waals surface area contributed by atoms with Crippen LogP contribution in [0.2, 0.25) is 0 Å². The Bertz CT molecular complexity index is 1230. The van der Waals surface area contributed by atoms with Gasteiger partial charge in [0, 0.05) is 45.5 Å². The van der Waals surface area contributed by atoms with Crippen LogP contribution in [0.25, 0.3) is 0 Å². The Hall–Kier alpha value is -4.28. The molecule has 47 heavy (non-hydrogen) atoms. The van der Waals surface area contributed by atoms with E-state index in [0.29, 0.717) is 45.0 Å². The smallest absolute Gasteiger partial charge is 0.410 e. The number of ether oxygens (including phenoxy) is 3. The third kappa shape index (κ3) is 14.8. The van der Waals surface area contributed by atoms with Crippen LogP contribution in [0, 0.1) is 0 Å². The number of piperazine rings is 1. The molecule has 3 atom stereocenters. The molecule has 0 bridgehead atoms. The zero-order valence-corrected chi connectivity index (χ0v) is 28.1. The number of nitrogens with zero attached hydrogens (tertiary/aromatic N) is 2. The number of methoxy groups -OCH3 is 1. The number of carbonyl (C=O) groups excluding carboxylic acids is 6. The molecule has 1 aromatic rings. The van der Waals surface area contributed by atoms with Crippen LogP contribution in [0.15, 0.2) is 24.3 Å². The Morgan fingerprint density at radius 1 is 0.851 bits per heavy atom. The molecular formula is C31H49N7O9. The molecule has 16 heteroatoms. The van der Waals surface area contributed by atoms with Gasteiger partial charge in [-0.15, -0.1) is 0 Å². The van der Waals surface area contributed by atoms with E-state index in [1.807, 2.05) is 32.9 Å². The zero-order chi connectivity index (χ0) is 35.1. The summed E-state index contributed by atoms with van der Waals surface area (Å²) in [5, 5.41) is 10.0. The fourth-order valence-corrected chi connectivity index (χ4v) is 4.36. The molecule has 1 heterocycles. The number of hydrogen-bond acceptors (Lipinski definition) is 10. The third-order valence-corrected chi connectivity index (χ3v) is 6.88. The Morgan fingerprint density at radius 3 is 2.02 bits per heavy atom. The van der Waals surface area contributed by atoms with E-state index >= 15 is 0 Å². The topological polar surface area (TPSA) is 211 Å². The van der Waals surface area contributed by atoms with Gasteiger partial charge in [0.05, 0.1) is 19.6 Å². The normalized spacial score (nSPS) is 15.5. The quantitative estimate of drug-likeness (QED) is 0.146. The maximum absolute atomic E-state index is 13.0. The number of benzene rings is 1. The lowest BCUT2D eigenvalue weighted by molar-refractivity contribution is -0.134. The largest absolute Gasteiger partial charge is 0.444 e. The lowest BCUT2D eigenvalue weighted by Gasteiger charge is -2.35. The Morgan fingerprint density at radius 2 is 1.45 bits per heavy atom. The average molecular weight is 664 g/mol. The summed E-state index contributed by atoms with van der Waals surface area (Å²) in [7, 11) is 1.50. The van der Waals surface area contributed by atoms with Gasteiger partial charge in [-0.3, -0.25) is 28.9 Å². The summed E-state index contributed by atoms with van der Waals surface area (Å²) >= 11 is 0. The summed E-state index contributed by atoms with van der Waals surface area (Å²) in [6.45, 7) is 11.7. The van der Waals surface area contributed by atoms with E-state index in [0.717, 1.165) is 5.56 Å². The van der Waals surface area contributed by atoms with Crippen molar-refractivity contribution in [2.75, 3.05) is 58.4 Å². The van der Waals surface area contributed by atoms with Gasteiger partial charge in [-0.25, -0.2) is 4.79 Å². The summed E-state index contributed by atoms with van der Waals surface area (Å²) in [5.74, 6) is -3.38. The minimum absolute atomic E-state index is 0.213. The van der Waals surface area contributed by atoms with E-state index in [9.17, 15) is 28.8 Å². The van der Waals surface area contributed by atoms with Crippen molar-refractivity contribution >= 4 is 41.3 Å². The van der Waals surface area contributed by atoms with E-state index in [-0.39, 0.29) is 19.3 Å². The van der Waals surface area contributed by atoms with Gasteiger partial charge in [0.15, 0.2) is 0 Å². The third-order valence-electron chi connectivity index (χ3n) is 6.88. The zero-order valence-electron chi connectivity index (χ0n) is 28.1. The van der Waals surface area contributed by atoms with Crippen LogP contribution in [0.1, 0.15) is 46.6 Å². The number of anilines is 1. The van der Waals surface area contributed by atoms with Gasteiger partial charge in [-0.05, 0) is 52.3 Å². The molecule has 1 aliphatic rings. The summed E-state index contributed by atoms with van der Waals surface area (Å²) in [6.07, 6.45) is -0.792. The average Bonchev–Trinajstić information content (AvgIpc) is 2.99. The lowest BCUT2D eigenvalue weighted by atomic mass is 10.1. The first-order chi connectivity index (χ1) is 22.1. The first-order valence-electron chi connectivity index (χ1n) is 15.4. The van der Waals surface area contributed by atoms with E-state index in [4.69, 9.17) is 19.9 Å². The van der Waals surface area contributed by atoms with Crippen LogP contribution in [0.4, 0.5) is 10.5 Å². The molecule has 1 aromatic carbocycles. The van der Waals surface area contributed by atoms with Gasteiger partial charge in [0.1, 0.15) is 30.3 Å². The molecule has 1 fully saturated rings. The van der Waals surface area contributed by atoms with Crippen molar-refractivity contribution in [3.63, 3.8) is 0 Å². The summed E-state index contributed by atoms with van der Waals surface area (Å²) < 4.78 is 15.4. The molecule has 0 radical (unpaired) electrons. The Kier molecular flexibility index (Phi) is 15.5. The highest BCUT2D eigenvalue weighted by atomic mass is 16.6. The van der Waals surface area contributed by atoms with Crippen LogP contribution in [-0.2, 0) is 44.7 Å². The second kappa shape index (κ2) is 18.8. The predicted molar refractivity (Wildman–Crippen MR) is 172 cm³/mol. The van der Waals surface area contributed by atoms with Crippen LogP contribution in [0.3, 0.4) is 0 Å². The monoisotopic (exact) mass is 663 g/mol. The van der Waals surface area contributed by atoms with Crippen LogP contribution in [-0.4, -0.2) is 122 Å². The van der Waals surface area contributed by atoms with E-state index in [1.165, 1.54) is 21.0 Å². The molecule has 262 valence electrons. The second-order valence-electron chi connectivity index (χ2n) is 12.2. The van der Waals surface area contributed by atoms with Crippen molar-refractivity contribution < 1.29 is 43.0 Å². The van der Waals surface area contributed by atoms with Crippen LogP contribution >= 0.6 is 0 Å². The van der Waals surface area contributed by atoms with Gasteiger partial charge in [-0.2, -0.15) is 0 Å². The Balaban J connectivity index is 1.86. The molecule has 0 aromatic heterocycles. The van der Waals surface area contributed by atoms with Gasteiger partial charge >= 0.3 is 6.09 Å². The molecule has 6 amide bonds. The molecule has 0 aliphatic carbocycles. The number of rotatable bonds is 16. The Labute approximate surface area is 275 Å². The van der Waals surface area contributed by atoms with Gasteiger partial charge in [0.25, 0.3) is 0 Å². The van der Waals surface area contributed by atoms with Gasteiger partial charge in [-0.1, -0.05) is 12.1 Å². The van der Waals surface area contributed by atoms with E-state index in [1.54, 1.807) is 17.0 Å². The fraction of sp³-hybridized carbons (Fsp3) is 0.613. The number of amides is 6. The number of nitrogens with one attached hydrogen (secondary N) is 4. The van der Waals surface area contributed by atoms with Crippen LogP contribution < -0.4 is 27.0 Å². The molecule has 0 unspecified atom stereocenters. The number of nitrogens with two attached hydrogens (primary N) is 1. The van der Waals surface area contributed by atoms with Gasteiger partial charge in [0.2, 0.25) is 29.5 Å². The molecule has 16 nitrogen and oxygen atoms in total. The first-order valence-corrected chi connectivity index (χ1v) is 15.4. The highest BCUT2D eigenvalue weighted by Crippen LogP contribution is 2.16. The number of primary amides is 1. The van der Waals surface area contributed by atoms with Crippen molar-refractivity contribution in [3.8, 4) is 0 Å². The molecule has 2 rings (SSSR count). The molecule has 1 aliphatic heterocycles. The van der Waals surface area contributed by atoms with Crippen molar-refractivity contribution in [2.45, 2.75) is 71.3 Å². The minimum Gasteiger partial charge on any atom is -0.444 e. The maximum Gasteiger partial charge on any atom is 0.410 e. The van der Waals surface area contributed by atoms with Crippen molar-refractivity contribution in [1.29, 1.82) is 0 Å². The number of hydrogen-bond donors (Lipinski definition) is 5. The van der Waals surface area contributed by atoms with Crippen molar-refractivity contribution in [1.82, 2.24) is 25.8 Å². The summed E-state index contributed by atoms with van der Waals surface area (Å²) in [6, 6.07) is 3.72. The van der Waals surface area contributed by atoms with Crippen molar-refractivity contribution in [3.05, 3.63) is 29.8 Å².